The Bertz CT molecular complexity index is 527. The molecular weight excluding hydrogens is 232 g/mol. The molecule has 1 aromatic carbocycles. The van der Waals surface area contributed by atoms with Crippen molar-refractivity contribution in [2.75, 3.05) is 5.75 Å². The van der Waals surface area contributed by atoms with Gasteiger partial charge < -0.3 is 4.57 Å². The van der Waals surface area contributed by atoms with Crippen LogP contribution in [0.1, 0.15) is 6.92 Å². The van der Waals surface area contributed by atoms with E-state index < -0.39 is 0 Å². The molecular formula is C12H12N4S. The molecule has 1 aromatic heterocycles. The Balaban J connectivity index is 2.36. The third-order valence-electron chi connectivity index (χ3n) is 2.33. The number of benzene rings is 1. The fourth-order valence-corrected chi connectivity index (χ4v) is 2.24. The first-order chi connectivity index (χ1) is 8.36. The van der Waals surface area contributed by atoms with Crippen molar-refractivity contribution in [2.24, 2.45) is 0 Å². The topological polar surface area (TPSA) is 54.5 Å². The summed E-state index contributed by atoms with van der Waals surface area (Å²) in [6.07, 6.45) is 0. The SMILES string of the molecule is CCn1c(SCC#N)nnc1-c1ccccc1. The number of nitriles is 1. The second-order valence-electron chi connectivity index (χ2n) is 3.36. The summed E-state index contributed by atoms with van der Waals surface area (Å²) < 4.78 is 2.03. The van der Waals surface area contributed by atoms with Crippen LogP contribution in [0.25, 0.3) is 11.4 Å². The second-order valence-corrected chi connectivity index (χ2v) is 4.31. The van der Waals surface area contributed by atoms with Crippen LogP contribution in [-0.2, 0) is 6.54 Å². The third-order valence-corrected chi connectivity index (χ3v) is 3.16. The van der Waals surface area contributed by atoms with E-state index in [1.807, 2.05) is 41.8 Å². The highest BCUT2D eigenvalue weighted by Crippen LogP contribution is 2.23. The summed E-state index contributed by atoms with van der Waals surface area (Å²) in [6.45, 7) is 2.84. The Morgan fingerprint density at radius 3 is 2.71 bits per heavy atom. The zero-order chi connectivity index (χ0) is 12.1. The number of rotatable bonds is 4. The lowest BCUT2D eigenvalue weighted by Gasteiger charge is -2.05. The van der Waals surface area contributed by atoms with E-state index >= 15 is 0 Å². The molecule has 0 saturated carbocycles. The largest absolute Gasteiger partial charge is 0.302 e. The van der Waals surface area contributed by atoms with Crippen molar-refractivity contribution in [1.82, 2.24) is 14.8 Å². The van der Waals surface area contributed by atoms with Gasteiger partial charge in [0.15, 0.2) is 11.0 Å². The van der Waals surface area contributed by atoms with E-state index in [2.05, 4.69) is 16.3 Å². The van der Waals surface area contributed by atoms with E-state index in [0.717, 1.165) is 23.1 Å². The monoisotopic (exact) mass is 244 g/mol. The molecule has 0 unspecified atom stereocenters. The fourth-order valence-electron chi connectivity index (χ4n) is 1.58. The standard InChI is InChI=1S/C12H12N4S/c1-2-16-11(10-6-4-3-5-7-10)14-15-12(16)17-9-8-13/h3-7H,2,9H2,1H3. The van der Waals surface area contributed by atoms with Crippen LogP contribution in [0.2, 0.25) is 0 Å². The fraction of sp³-hybridized carbons (Fsp3) is 0.250. The van der Waals surface area contributed by atoms with Gasteiger partial charge in [-0.1, -0.05) is 42.1 Å². The molecule has 2 aromatic rings. The van der Waals surface area contributed by atoms with Crippen LogP contribution < -0.4 is 0 Å². The van der Waals surface area contributed by atoms with Gasteiger partial charge in [-0.25, -0.2) is 0 Å². The maximum absolute atomic E-state index is 8.59. The molecule has 0 N–H and O–H groups in total. The van der Waals surface area contributed by atoms with Gasteiger partial charge in [0.2, 0.25) is 0 Å². The van der Waals surface area contributed by atoms with Gasteiger partial charge in [-0.2, -0.15) is 5.26 Å². The van der Waals surface area contributed by atoms with Crippen LogP contribution in [0.3, 0.4) is 0 Å². The van der Waals surface area contributed by atoms with E-state index in [1.54, 1.807) is 0 Å². The minimum absolute atomic E-state index is 0.396. The maximum Gasteiger partial charge on any atom is 0.192 e. The average Bonchev–Trinajstić information content (AvgIpc) is 2.80. The normalized spacial score (nSPS) is 10.1. The highest BCUT2D eigenvalue weighted by Gasteiger charge is 2.12. The van der Waals surface area contributed by atoms with Crippen LogP contribution in [0.15, 0.2) is 35.5 Å². The number of aromatic nitrogens is 3. The maximum atomic E-state index is 8.59. The van der Waals surface area contributed by atoms with Gasteiger partial charge in [0.05, 0.1) is 11.8 Å². The molecule has 0 atom stereocenters. The quantitative estimate of drug-likeness (QED) is 0.776. The molecule has 5 heteroatoms. The van der Waals surface area contributed by atoms with E-state index in [0.29, 0.717) is 5.75 Å². The zero-order valence-electron chi connectivity index (χ0n) is 9.50. The molecule has 0 saturated heterocycles. The molecule has 17 heavy (non-hydrogen) atoms. The van der Waals surface area contributed by atoms with Crippen molar-refractivity contribution in [3.05, 3.63) is 30.3 Å². The summed E-state index contributed by atoms with van der Waals surface area (Å²) in [7, 11) is 0. The van der Waals surface area contributed by atoms with Crippen LogP contribution >= 0.6 is 11.8 Å². The van der Waals surface area contributed by atoms with Crippen molar-refractivity contribution < 1.29 is 0 Å². The summed E-state index contributed by atoms with van der Waals surface area (Å²) in [5.41, 5.74) is 1.05. The van der Waals surface area contributed by atoms with E-state index in [9.17, 15) is 0 Å². The molecule has 0 aliphatic carbocycles. The number of hydrogen-bond donors (Lipinski definition) is 0. The predicted octanol–water partition coefficient (Wildman–Crippen LogP) is 2.58. The summed E-state index contributed by atoms with van der Waals surface area (Å²) in [5, 5.41) is 17.7. The molecule has 0 bridgehead atoms. The first kappa shape index (κ1) is 11.7. The average molecular weight is 244 g/mol. The van der Waals surface area contributed by atoms with Gasteiger partial charge in [0, 0.05) is 12.1 Å². The second kappa shape index (κ2) is 5.51. The van der Waals surface area contributed by atoms with Gasteiger partial charge >= 0.3 is 0 Å². The third kappa shape index (κ3) is 2.48. The van der Waals surface area contributed by atoms with E-state index in [1.165, 1.54) is 11.8 Å². The number of nitrogens with zero attached hydrogens (tertiary/aromatic N) is 4. The van der Waals surface area contributed by atoms with Crippen molar-refractivity contribution in [1.29, 1.82) is 5.26 Å². The molecule has 0 spiro atoms. The summed E-state index contributed by atoms with van der Waals surface area (Å²) in [6, 6.07) is 12.0. The van der Waals surface area contributed by atoms with E-state index in [4.69, 9.17) is 5.26 Å². The minimum atomic E-state index is 0.396. The summed E-state index contributed by atoms with van der Waals surface area (Å²) in [5.74, 6) is 1.25. The molecule has 0 aliphatic rings. The molecule has 1 heterocycles. The Kier molecular flexibility index (Phi) is 3.78. The molecule has 2 rings (SSSR count). The highest BCUT2D eigenvalue weighted by atomic mass is 32.2. The summed E-state index contributed by atoms with van der Waals surface area (Å²) >= 11 is 1.42. The Labute approximate surface area is 104 Å². The molecule has 0 radical (unpaired) electrons. The van der Waals surface area contributed by atoms with E-state index in [-0.39, 0.29) is 0 Å². The lowest BCUT2D eigenvalue weighted by Crippen LogP contribution is -1.99. The van der Waals surface area contributed by atoms with Gasteiger partial charge in [-0.3, -0.25) is 0 Å². The molecule has 0 aliphatic heterocycles. The molecule has 0 amide bonds. The van der Waals surface area contributed by atoms with Crippen molar-refractivity contribution in [3.8, 4) is 17.5 Å². The summed E-state index contributed by atoms with van der Waals surface area (Å²) in [4.78, 5) is 0. The van der Waals surface area contributed by atoms with Crippen LogP contribution in [0.5, 0.6) is 0 Å². The molecule has 0 fully saturated rings. The van der Waals surface area contributed by atoms with Crippen LogP contribution in [-0.4, -0.2) is 20.5 Å². The van der Waals surface area contributed by atoms with Crippen LogP contribution in [0.4, 0.5) is 0 Å². The van der Waals surface area contributed by atoms with Crippen molar-refractivity contribution in [3.63, 3.8) is 0 Å². The lowest BCUT2D eigenvalue weighted by atomic mass is 10.2. The lowest BCUT2D eigenvalue weighted by molar-refractivity contribution is 0.688. The Hall–Kier alpha value is -1.80. The highest BCUT2D eigenvalue weighted by molar-refractivity contribution is 7.99. The van der Waals surface area contributed by atoms with Crippen molar-refractivity contribution in [2.45, 2.75) is 18.6 Å². The molecule has 4 nitrogen and oxygen atoms in total. The van der Waals surface area contributed by atoms with Gasteiger partial charge in [-0.05, 0) is 6.92 Å². The van der Waals surface area contributed by atoms with Gasteiger partial charge in [0.1, 0.15) is 0 Å². The number of thioether (sulfide) groups is 1. The Morgan fingerprint density at radius 1 is 1.29 bits per heavy atom. The molecule has 86 valence electrons. The smallest absolute Gasteiger partial charge is 0.192 e. The first-order valence-electron chi connectivity index (χ1n) is 5.35. The predicted molar refractivity (Wildman–Crippen MR) is 67.5 cm³/mol. The number of hydrogen-bond acceptors (Lipinski definition) is 4. The first-order valence-corrected chi connectivity index (χ1v) is 6.33. The van der Waals surface area contributed by atoms with Gasteiger partial charge in [0.25, 0.3) is 0 Å². The Morgan fingerprint density at radius 2 is 2.06 bits per heavy atom. The minimum Gasteiger partial charge on any atom is -0.302 e. The van der Waals surface area contributed by atoms with Crippen LogP contribution in [0, 0.1) is 11.3 Å². The van der Waals surface area contributed by atoms with Gasteiger partial charge in [-0.15, -0.1) is 10.2 Å². The zero-order valence-corrected chi connectivity index (χ0v) is 10.3. The van der Waals surface area contributed by atoms with Crippen molar-refractivity contribution >= 4 is 11.8 Å².